The number of rotatable bonds is 7. The molecule has 0 aliphatic carbocycles. The SMILES string of the molecule is COCCN1CCn2c1nc(C(=O)NCc1ccc(F)cc1S(C)(=O)=O)c(O)c2=O. The molecule has 1 aliphatic rings. The molecule has 0 fully saturated rings. The number of benzene rings is 1. The third-order valence-corrected chi connectivity index (χ3v) is 5.83. The Morgan fingerprint density at radius 1 is 1.37 bits per heavy atom. The molecule has 0 unspecified atom stereocenters. The van der Waals surface area contributed by atoms with Gasteiger partial charge in [0.2, 0.25) is 11.7 Å². The molecule has 0 bridgehead atoms. The molecule has 0 atom stereocenters. The maximum absolute atomic E-state index is 13.4. The standard InChI is InChI=1S/C18H21FN4O6S/c1-29-8-7-22-5-6-23-17(26)15(24)14(21-18(22)23)16(25)20-10-11-3-4-12(19)9-13(11)30(2,27)28/h3-4,9,24H,5-8,10H2,1-2H3,(H,20,25). The first-order valence-corrected chi connectivity index (χ1v) is 10.9. The summed E-state index contributed by atoms with van der Waals surface area (Å²) in [4.78, 5) is 30.6. The number of carbonyl (C=O) groups excluding carboxylic acids is 1. The van der Waals surface area contributed by atoms with Gasteiger partial charge in [-0.1, -0.05) is 6.07 Å². The summed E-state index contributed by atoms with van der Waals surface area (Å²) in [6.07, 6.45) is 0.927. The lowest BCUT2D eigenvalue weighted by Gasteiger charge is -2.17. The van der Waals surface area contributed by atoms with E-state index in [0.717, 1.165) is 18.4 Å². The minimum Gasteiger partial charge on any atom is -0.501 e. The quantitative estimate of drug-likeness (QED) is 0.610. The lowest BCUT2D eigenvalue weighted by molar-refractivity contribution is 0.0942. The van der Waals surface area contributed by atoms with Crippen LogP contribution in [0.2, 0.25) is 0 Å². The second-order valence-corrected chi connectivity index (χ2v) is 8.74. The van der Waals surface area contributed by atoms with E-state index in [2.05, 4.69) is 10.3 Å². The Bertz CT molecular complexity index is 1150. The highest BCUT2D eigenvalue weighted by Gasteiger charge is 2.28. The summed E-state index contributed by atoms with van der Waals surface area (Å²) in [6.45, 7) is 1.35. The van der Waals surface area contributed by atoms with Crippen molar-refractivity contribution in [2.24, 2.45) is 0 Å². The van der Waals surface area contributed by atoms with Gasteiger partial charge >= 0.3 is 0 Å². The van der Waals surface area contributed by atoms with E-state index in [4.69, 9.17) is 4.74 Å². The number of carbonyl (C=O) groups is 1. The van der Waals surface area contributed by atoms with Crippen LogP contribution in [-0.2, 0) is 27.7 Å². The smallest absolute Gasteiger partial charge is 0.298 e. The van der Waals surface area contributed by atoms with E-state index in [1.807, 2.05) is 0 Å². The molecule has 2 heterocycles. The topological polar surface area (TPSA) is 131 Å². The number of fused-ring (bicyclic) bond motifs is 1. The molecule has 1 aromatic heterocycles. The maximum Gasteiger partial charge on any atom is 0.298 e. The maximum atomic E-state index is 13.4. The Balaban J connectivity index is 1.87. The molecule has 12 heteroatoms. The van der Waals surface area contributed by atoms with E-state index >= 15 is 0 Å². The highest BCUT2D eigenvalue weighted by Crippen LogP contribution is 2.21. The van der Waals surface area contributed by atoms with E-state index < -0.39 is 38.6 Å². The van der Waals surface area contributed by atoms with Crippen LogP contribution in [0, 0.1) is 5.82 Å². The van der Waals surface area contributed by atoms with E-state index in [1.54, 1.807) is 4.90 Å². The van der Waals surface area contributed by atoms with Gasteiger partial charge in [-0.25, -0.2) is 17.8 Å². The zero-order valence-electron chi connectivity index (χ0n) is 16.4. The lowest BCUT2D eigenvalue weighted by Crippen LogP contribution is -2.31. The predicted molar refractivity (Wildman–Crippen MR) is 105 cm³/mol. The van der Waals surface area contributed by atoms with Crippen molar-refractivity contribution >= 4 is 21.7 Å². The third-order valence-electron chi connectivity index (χ3n) is 4.65. The summed E-state index contributed by atoms with van der Waals surface area (Å²) in [5.41, 5.74) is -1.06. The number of aromatic nitrogens is 2. The van der Waals surface area contributed by atoms with Crippen molar-refractivity contribution in [3.05, 3.63) is 45.6 Å². The zero-order chi connectivity index (χ0) is 22.1. The van der Waals surface area contributed by atoms with Gasteiger partial charge in [0.1, 0.15) is 5.82 Å². The minimum atomic E-state index is -3.74. The molecule has 3 rings (SSSR count). The van der Waals surface area contributed by atoms with Crippen molar-refractivity contribution in [3.63, 3.8) is 0 Å². The lowest BCUT2D eigenvalue weighted by atomic mass is 10.2. The Kier molecular flexibility index (Phi) is 6.08. The Labute approximate surface area is 171 Å². The number of anilines is 1. The summed E-state index contributed by atoms with van der Waals surface area (Å²) in [5, 5.41) is 12.6. The molecular formula is C18H21FN4O6S. The van der Waals surface area contributed by atoms with Gasteiger partial charge in [0, 0.05) is 39.5 Å². The number of hydrogen-bond donors (Lipinski definition) is 2. The normalized spacial score (nSPS) is 13.4. The Morgan fingerprint density at radius 2 is 2.10 bits per heavy atom. The number of nitrogens with one attached hydrogen (secondary N) is 1. The van der Waals surface area contributed by atoms with Crippen LogP contribution in [0.3, 0.4) is 0 Å². The van der Waals surface area contributed by atoms with Crippen molar-refractivity contribution in [2.45, 2.75) is 18.0 Å². The molecule has 0 spiro atoms. The predicted octanol–water partition coefficient (Wildman–Crippen LogP) is -0.112. The molecule has 1 amide bonds. The fourth-order valence-electron chi connectivity index (χ4n) is 3.15. The third kappa shape index (κ3) is 4.28. The Hall–Kier alpha value is -2.99. The van der Waals surface area contributed by atoms with E-state index in [0.29, 0.717) is 26.2 Å². The summed E-state index contributed by atoms with van der Waals surface area (Å²) in [6, 6.07) is 3.17. The minimum absolute atomic E-state index is 0.159. The molecule has 10 nitrogen and oxygen atoms in total. The number of amides is 1. The summed E-state index contributed by atoms with van der Waals surface area (Å²) >= 11 is 0. The van der Waals surface area contributed by atoms with Crippen LogP contribution in [0.5, 0.6) is 5.75 Å². The highest BCUT2D eigenvalue weighted by molar-refractivity contribution is 7.90. The zero-order valence-corrected chi connectivity index (χ0v) is 17.2. The van der Waals surface area contributed by atoms with Crippen molar-refractivity contribution in [3.8, 4) is 5.75 Å². The first-order chi connectivity index (χ1) is 14.1. The average molecular weight is 440 g/mol. The first kappa shape index (κ1) is 21.7. The summed E-state index contributed by atoms with van der Waals surface area (Å²) in [5.74, 6) is -2.16. The first-order valence-electron chi connectivity index (χ1n) is 8.98. The number of halogens is 1. The van der Waals surface area contributed by atoms with Crippen molar-refractivity contribution in [1.29, 1.82) is 0 Å². The van der Waals surface area contributed by atoms with Crippen LogP contribution >= 0.6 is 0 Å². The van der Waals surface area contributed by atoms with Crippen LogP contribution in [0.15, 0.2) is 27.9 Å². The van der Waals surface area contributed by atoms with E-state index in [-0.39, 0.29) is 23.0 Å². The Morgan fingerprint density at radius 3 is 2.77 bits per heavy atom. The van der Waals surface area contributed by atoms with Crippen LogP contribution in [0.1, 0.15) is 16.1 Å². The molecule has 2 N–H and O–H groups in total. The molecule has 0 saturated carbocycles. The number of aromatic hydroxyl groups is 1. The van der Waals surface area contributed by atoms with Crippen LogP contribution in [0.4, 0.5) is 10.3 Å². The highest BCUT2D eigenvalue weighted by atomic mass is 32.2. The fraction of sp³-hybridized carbons (Fsp3) is 0.389. The fourth-order valence-corrected chi connectivity index (χ4v) is 4.09. The van der Waals surface area contributed by atoms with Gasteiger partial charge in [0.15, 0.2) is 15.5 Å². The van der Waals surface area contributed by atoms with Crippen LogP contribution in [-0.4, -0.2) is 62.0 Å². The molecule has 162 valence electrons. The van der Waals surface area contributed by atoms with E-state index in [1.165, 1.54) is 17.7 Å². The summed E-state index contributed by atoms with van der Waals surface area (Å²) < 4.78 is 43.5. The molecule has 30 heavy (non-hydrogen) atoms. The van der Waals surface area contributed by atoms with Crippen molar-refractivity contribution in [1.82, 2.24) is 14.9 Å². The number of nitrogens with zero attached hydrogens (tertiary/aromatic N) is 3. The molecular weight excluding hydrogens is 419 g/mol. The van der Waals surface area contributed by atoms with E-state index in [9.17, 15) is 27.5 Å². The number of ether oxygens (including phenoxy) is 1. The molecule has 0 saturated heterocycles. The molecule has 0 radical (unpaired) electrons. The molecule has 1 aliphatic heterocycles. The second kappa shape index (κ2) is 8.40. The van der Waals surface area contributed by atoms with Gasteiger partial charge in [-0.3, -0.25) is 14.2 Å². The van der Waals surface area contributed by atoms with Gasteiger partial charge in [-0.05, 0) is 17.7 Å². The molecule has 1 aromatic carbocycles. The van der Waals surface area contributed by atoms with Gasteiger partial charge in [-0.15, -0.1) is 0 Å². The van der Waals surface area contributed by atoms with Crippen molar-refractivity contribution in [2.75, 3.05) is 38.0 Å². The number of hydrogen-bond acceptors (Lipinski definition) is 8. The second-order valence-electron chi connectivity index (χ2n) is 6.75. The number of methoxy groups -OCH3 is 1. The summed E-state index contributed by atoms with van der Waals surface area (Å²) in [7, 11) is -2.20. The molecule has 2 aromatic rings. The van der Waals surface area contributed by atoms with Gasteiger partial charge in [-0.2, -0.15) is 0 Å². The van der Waals surface area contributed by atoms with Crippen LogP contribution < -0.4 is 15.8 Å². The van der Waals surface area contributed by atoms with Crippen molar-refractivity contribution < 1.29 is 27.4 Å². The average Bonchev–Trinajstić information content (AvgIpc) is 3.10. The largest absolute Gasteiger partial charge is 0.501 e. The van der Waals surface area contributed by atoms with Gasteiger partial charge in [0.05, 0.1) is 11.5 Å². The number of sulfone groups is 1. The van der Waals surface area contributed by atoms with Gasteiger partial charge in [0.25, 0.3) is 11.5 Å². The monoisotopic (exact) mass is 440 g/mol. The van der Waals surface area contributed by atoms with Crippen LogP contribution in [0.25, 0.3) is 0 Å². The van der Waals surface area contributed by atoms with Gasteiger partial charge < -0.3 is 20.1 Å².